The van der Waals surface area contributed by atoms with E-state index in [-0.39, 0.29) is 35.4 Å². The molecule has 3 aliphatic heterocycles. The molecule has 4 heterocycles. The van der Waals surface area contributed by atoms with Gasteiger partial charge in [-0.3, -0.25) is 9.69 Å². The Morgan fingerprint density at radius 1 is 0.978 bits per heavy atom. The lowest BCUT2D eigenvalue weighted by Crippen LogP contribution is -2.69. The van der Waals surface area contributed by atoms with E-state index in [9.17, 15) is 9.59 Å². The molecule has 9 heteroatoms. The van der Waals surface area contributed by atoms with Gasteiger partial charge in [0.1, 0.15) is 12.6 Å². The van der Waals surface area contributed by atoms with E-state index in [1.165, 1.54) is 11.1 Å². The van der Waals surface area contributed by atoms with Crippen LogP contribution in [0.1, 0.15) is 94.5 Å². The van der Waals surface area contributed by atoms with Crippen LogP contribution in [-0.4, -0.2) is 76.4 Å². The van der Waals surface area contributed by atoms with Crippen LogP contribution >= 0.6 is 0 Å². The molecule has 0 radical (unpaired) electrons. The van der Waals surface area contributed by atoms with Gasteiger partial charge in [0.15, 0.2) is 5.82 Å². The molecule has 8 rings (SSSR count). The standard InChI is InChI=1S/C37H44N4O5/c1-23(2)37(33-38-31(39-46-33)24-17-35(3,4)18-24)21-40(22-37)32(42)30-13-14-36(15-16-45-36)20-41(30)34(43)44-19-29-27-11-7-5-9-25(27)26-10-6-8-12-28(26)29/h5-12,23-24,29-30H,13-22H2,1-4H3/t30-,36+/m0/s1. The van der Waals surface area contributed by atoms with Crippen LogP contribution in [0.15, 0.2) is 53.1 Å². The molecule has 0 bridgehead atoms. The van der Waals surface area contributed by atoms with E-state index in [2.05, 4.69) is 57.1 Å². The lowest BCUT2D eigenvalue weighted by molar-refractivity contribution is -0.186. The summed E-state index contributed by atoms with van der Waals surface area (Å²) in [6.45, 7) is 11.1. The average molecular weight is 625 g/mol. The van der Waals surface area contributed by atoms with Crippen LogP contribution < -0.4 is 0 Å². The first-order valence-corrected chi connectivity index (χ1v) is 17.0. The van der Waals surface area contributed by atoms with Crippen molar-refractivity contribution in [2.75, 3.05) is 32.8 Å². The summed E-state index contributed by atoms with van der Waals surface area (Å²) in [7, 11) is 0. The number of nitrogens with zero attached hydrogens (tertiary/aromatic N) is 4. The van der Waals surface area contributed by atoms with Crippen molar-refractivity contribution < 1.29 is 23.6 Å². The highest BCUT2D eigenvalue weighted by Crippen LogP contribution is 2.51. The highest BCUT2D eigenvalue weighted by Gasteiger charge is 2.56. The number of rotatable bonds is 6. The summed E-state index contributed by atoms with van der Waals surface area (Å²) in [5.41, 5.74) is 4.25. The van der Waals surface area contributed by atoms with Crippen molar-refractivity contribution in [3.8, 4) is 11.1 Å². The van der Waals surface area contributed by atoms with Crippen molar-refractivity contribution in [3.05, 3.63) is 71.4 Å². The molecular formula is C37H44N4O5. The Morgan fingerprint density at radius 3 is 2.22 bits per heavy atom. The molecule has 3 saturated heterocycles. The Morgan fingerprint density at radius 2 is 1.63 bits per heavy atom. The molecule has 9 nitrogen and oxygen atoms in total. The SMILES string of the molecule is CC(C)C1(c2nc(C3CC(C)(C)C3)no2)CN(C(=O)[C@@H]2CC[C@@]3(CCO3)CN2C(=O)OCC2c3ccccc3-c3ccccc32)C1. The molecule has 4 fully saturated rings. The molecule has 1 aromatic heterocycles. The second-order valence-electron chi connectivity index (χ2n) is 15.5. The van der Waals surface area contributed by atoms with E-state index in [4.69, 9.17) is 19.0 Å². The van der Waals surface area contributed by atoms with Crippen LogP contribution in [0.5, 0.6) is 0 Å². The first-order valence-electron chi connectivity index (χ1n) is 17.0. The monoisotopic (exact) mass is 624 g/mol. The Bertz CT molecular complexity index is 1620. The molecule has 2 amide bonds. The number of ether oxygens (including phenoxy) is 2. The summed E-state index contributed by atoms with van der Waals surface area (Å²) >= 11 is 0. The van der Waals surface area contributed by atoms with Crippen molar-refractivity contribution in [1.29, 1.82) is 0 Å². The maximum absolute atomic E-state index is 14.2. The van der Waals surface area contributed by atoms with Crippen LogP contribution in [0.3, 0.4) is 0 Å². The van der Waals surface area contributed by atoms with Crippen LogP contribution in [0, 0.1) is 11.3 Å². The average Bonchev–Trinajstić information content (AvgIpc) is 3.60. The molecule has 5 aliphatic rings. The number of carbonyl (C=O) groups excluding carboxylic acids is 2. The maximum atomic E-state index is 14.2. The van der Waals surface area contributed by atoms with Crippen LogP contribution in [0.2, 0.25) is 0 Å². The van der Waals surface area contributed by atoms with Crippen LogP contribution in [0.4, 0.5) is 4.79 Å². The molecular weight excluding hydrogens is 580 g/mol. The number of piperidine rings is 1. The minimum Gasteiger partial charge on any atom is -0.448 e. The number of hydrogen-bond acceptors (Lipinski definition) is 7. The number of likely N-dealkylation sites (tertiary alicyclic amines) is 2. The number of aromatic nitrogens is 2. The number of benzene rings is 2. The van der Waals surface area contributed by atoms with Gasteiger partial charge in [0.05, 0.1) is 24.2 Å². The van der Waals surface area contributed by atoms with Gasteiger partial charge in [0.2, 0.25) is 11.8 Å². The predicted octanol–water partition coefficient (Wildman–Crippen LogP) is 6.28. The number of amides is 2. The van der Waals surface area contributed by atoms with Gasteiger partial charge in [-0.1, -0.05) is 81.4 Å². The number of hydrogen-bond donors (Lipinski definition) is 0. The molecule has 0 N–H and O–H groups in total. The molecule has 1 spiro atoms. The quantitative estimate of drug-likeness (QED) is 0.318. The predicted molar refractivity (Wildman–Crippen MR) is 171 cm³/mol. The van der Waals surface area contributed by atoms with Crippen molar-refractivity contribution >= 4 is 12.0 Å². The van der Waals surface area contributed by atoms with Gasteiger partial charge in [-0.15, -0.1) is 0 Å². The van der Waals surface area contributed by atoms with E-state index in [1.807, 2.05) is 29.2 Å². The topological polar surface area (TPSA) is 98.0 Å². The van der Waals surface area contributed by atoms with Gasteiger partial charge in [-0.05, 0) is 59.3 Å². The van der Waals surface area contributed by atoms with E-state index in [0.717, 1.165) is 42.6 Å². The zero-order chi connectivity index (χ0) is 31.8. The molecule has 46 heavy (non-hydrogen) atoms. The molecule has 2 aliphatic carbocycles. The van der Waals surface area contributed by atoms with Crippen LogP contribution in [-0.2, 0) is 19.7 Å². The normalized spacial score (nSPS) is 26.2. The third kappa shape index (κ3) is 4.68. The lowest BCUT2D eigenvalue weighted by atomic mass is 9.64. The molecule has 242 valence electrons. The van der Waals surface area contributed by atoms with Crippen molar-refractivity contribution in [3.63, 3.8) is 0 Å². The fourth-order valence-corrected chi connectivity index (χ4v) is 8.70. The van der Waals surface area contributed by atoms with Gasteiger partial charge in [0, 0.05) is 31.3 Å². The molecule has 2 aromatic carbocycles. The molecule has 3 aromatic rings. The Balaban J connectivity index is 0.978. The van der Waals surface area contributed by atoms with Crippen molar-refractivity contribution in [2.45, 2.75) is 88.7 Å². The summed E-state index contributed by atoms with van der Waals surface area (Å²) in [5.74, 6) is 1.88. The van der Waals surface area contributed by atoms with Gasteiger partial charge in [0.25, 0.3) is 0 Å². The van der Waals surface area contributed by atoms with Gasteiger partial charge in [-0.2, -0.15) is 4.98 Å². The Labute approximate surface area is 270 Å². The summed E-state index contributed by atoms with van der Waals surface area (Å²) < 4.78 is 18.0. The summed E-state index contributed by atoms with van der Waals surface area (Å²) in [6.07, 6.45) is 3.86. The number of carbonyl (C=O) groups is 2. The Kier molecular flexibility index (Phi) is 6.87. The van der Waals surface area contributed by atoms with Crippen molar-refractivity contribution in [1.82, 2.24) is 19.9 Å². The molecule has 2 atom stereocenters. The maximum Gasteiger partial charge on any atom is 0.410 e. The summed E-state index contributed by atoms with van der Waals surface area (Å²) in [5, 5.41) is 4.37. The third-order valence-electron chi connectivity index (χ3n) is 11.7. The van der Waals surface area contributed by atoms with Crippen molar-refractivity contribution in [2.24, 2.45) is 11.3 Å². The first-order chi connectivity index (χ1) is 22.1. The first kappa shape index (κ1) is 29.7. The van der Waals surface area contributed by atoms with E-state index < -0.39 is 12.1 Å². The number of fused-ring (bicyclic) bond motifs is 3. The minimum absolute atomic E-state index is 0.0422. The third-order valence-corrected chi connectivity index (χ3v) is 11.7. The molecule has 0 unspecified atom stereocenters. The van der Waals surface area contributed by atoms with Gasteiger partial charge >= 0.3 is 6.09 Å². The highest BCUT2D eigenvalue weighted by molar-refractivity contribution is 5.87. The fraction of sp³-hybridized carbons (Fsp3) is 0.568. The smallest absolute Gasteiger partial charge is 0.410 e. The van der Waals surface area contributed by atoms with E-state index in [1.54, 1.807) is 4.90 Å². The zero-order valence-electron chi connectivity index (χ0n) is 27.3. The zero-order valence-corrected chi connectivity index (χ0v) is 27.3. The minimum atomic E-state index is -0.592. The van der Waals surface area contributed by atoms with E-state index in [0.29, 0.717) is 49.9 Å². The lowest BCUT2D eigenvalue weighted by Gasteiger charge is -2.54. The van der Waals surface area contributed by atoms with Gasteiger partial charge < -0.3 is 18.9 Å². The molecule has 1 saturated carbocycles. The highest BCUT2D eigenvalue weighted by atomic mass is 16.6. The van der Waals surface area contributed by atoms with E-state index >= 15 is 0 Å². The van der Waals surface area contributed by atoms with Crippen LogP contribution in [0.25, 0.3) is 11.1 Å². The summed E-state index contributed by atoms with van der Waals surface area (Å²) in [4.78, 5) is 36.4. The Hall–Kier alpha value is -3.72. The second kappa shape index (κ2) is 10.7. The largest absolute Gasteiger partial charge is 0.448 e. The van der Waals surface area contributed by atoms with Gasteiger partial charge in [-0.25, -0.2) is 4.79 Å². The second-order valence-corrected chi connectivity index (χ2v) is 15.5. The summed E-state index contributed by atoms with van der Waals surface area (Å²) in [6, 6.07) is 16.0. The fourth-order valence-electron chi connectivity index (χ4n) is 8.70.